The minimum absolute atomic E-state index is 0.531. The van der Waals surface area contributed by atoms with Gasteiger partial charge in [0.1, 0.15) is 5.76 Å². The largest absolute Gasteiger partial charge is 0.467 e. The molecular weight excluding hydrogens is 264 g/mol. The van der Waals surface area contributed by atoms with Crippen LogP contribution in [0.3, 0.4) is 0 Å². The Labute approximate surface area is 112 Å². The molecular formula is C13H16N2O3S. The van der Waals surface area contributed by atoms with Gasteiger partial charge in [0.05, 0.1) is 24.8 Å². The predicted octanol–water partition coefficient (Wildman–Crippen LogP) is 2.57. The van der Waals surface area contributed by atoms with Crippen LogP contribution in [0.15, 0.2) is 41.0 Å². The first-order valence-electron chi connectivity index (χ1n) is 5.79. The molecule has 1 aromatic heterocycles. The molecule has 0 atom stereocenters. The SMILES string of the molecule is Cc1ccoc1CNc1cccc(NS(C)(=O)=O)c1. The van der Waals surface area contributed by atoms with Crippen LogP contribution in [-0.2, 0) is 16.6 Å². The van der Waals surface area contributed by atoms with E-state index < -0.39 is 10.0 Å². The molecule has 1 aromatic carbocycles. The van der Waals surface area contributed by atoms with E-state index in [9.17, 15) is 8.42 Å². The summed E-state index contributed by atoms with van der Waals surface area (Å²) in [5, 5.41) is 3.19. The van der Waals surface area contributed by atoms with E-state index in [0.29, 0.717) is 12.2 Å². The van der Waals surface area contributed by atoms with E-state index in [1.165, 1.54) is 0 Å². The highest BCUT2D eigenvalue weighted by atomic mass is 32.2. The fourth-order valence-corrected chi connectivity index (χ4v) is 2.23. The van der Waals surface area contributed by atoms with Gasteiger partial charge in [-0.15, -0.1) is 0 Å². The molecule has 0 aliphatic rings. The summed E-state index contributed by atoms with van der Waals surface area (Å²) in [7, 11) is -3.26. The van der Waals surface area contributed by atoms with Gasteiger partial charge in [0, 0.05) is 5.69 Å². The maximum atomic E-state index is 11.2. The molecule has 0 saturated carbocycles. The fourth-order valence-electron chi connectivity index (χ4n) is 1.67. The van der Waals surface area contributed by atoms with Crippen molar-refractivity contribution in [2.24, 2.45) is 0 Å². The number of furan rings is 1. The molecule has 19 heavy (non-hydrogen) atoms. The average molecular weight is 280 g/mol. The number of hydrogen-bond donors (Lipinski definition) is 2. The van der Waals surface area contributed by atoms with Crippen molar-refractivity contribution in [2.45, 2.75) is 13.5 Å². The van der Waals surface area contributed by atoms with Crippen LogP contribution < -0.4 is 10.0 Å². The van der Waals surface area contributed by atoms with E-state index in [2.05, 4.69) is 10.0 Å². The zero-order valence-electron chi connectivity index (χ0n) is 10.8. The Morgan fingerprint density at radius 2 is 1.95 bits per heavy atom. The van der Waals surface area contributed by atoms with Crippen LogP contribution in [0.5, 0.6) is 0 Å². The molecule has 102 valence electrons. The molecule has 2 N–H and O–H groups in total. The lowest BCUT2D eigenvalue weighted by Crippen LogP contribution is -2.09. The first-order chi connectivity index (χ1) is 8.94. The van der Waals surface area contributed by atoms with Gasteiger partial charge in [-0.25, -0.2) is 8.42 Å². The smallest absolute Gasteiger partial charge is 0.229 e. The summed E-state index contributed by atoms with van der Waals surface area (Å²) in [4.78, 5) is 0. The summed E-state index contributed by atoms with van der Waals surface area (Å²) in [6.45, 7) is 2.53. The Balaban J connectivity index is 2.05. The Morgan fingerprint density at radius 1 is 1.21 bits per heavy atom. The van der Waals surface area contributed by atoms with Gasteiger partial charge in [-0.3, -0.25) is 4.72 Å². The van der Waals surface area contributed by atoms with E-state index in [1.54, 1.807) is 24.5 Å². The zero-order valence-corrected chi connectivity index (χ0v) is 11.6. The van der Waals surface area contributed by atoms with Crippen molar-refractivity contribution in [3.8, 4) is 0 Å². The Morgan fingerprint density at radius 3 is 2.58 bits per heavy atom. The van der Waals surface area contributed by atoms with Crippen molar-refractivity contribution in [2.75, 3.05) is 16.3 Å². The van der Waals surface area contributed by atoms with Crippen molar-refractivity contribution in [3.05, 3.63) is 47.9 Å². The average Bonchev–Trinajstić information content (AvgIpc) is 2.70. The number of rotatable bonds is 5. The second kappa shape index (κ2) is 5.36. The predicted molar refractivity (Wildman–Crippen MR) is 75.7 cm³/mol. The molecule has 2 rings (SSSR count). The summed E-state index contributed by atoms with van der Waals surface area (Å²) in [6.07, 6.45) is 2.77. The second-order valence-electron chi connectivity index (χ2n) is 4.34. The fraction of sp³-hybridized carbons (Fsp3) is 0.231. The standard InChI is InChI=1S/C13H16N2O3S/c1-10-6-7-18-13(10)9-14-11-4-3-5-12(8-11)15-19(2,16)17/h3-8,14-15H,9H2,1-2H3. The van der Waals surface area contributed by atoms with Crippen molar-refractivity contribution in [1.29, 1.82) is 0 Å². The maximum absolute atomic E-state index is 11.2. The van der Waals surface area contributed by atoms with E-state index >= 15 is 0 Å². The molecule has 2 aromatic rings. The molecule has 0 radical (unpaired) electrons. The van der Waals surface area contributed by atoms with Crippen molar-refractivity contribution < 1.29 is 12.8 Å². The second-order valence-corrected chi connectivity index (χ2v) is 6.08. The van der Waals surface area contributed by atoms with Gasteiger partial charge in [0.2, 0.25) is 10.0 Å². The molecule has 0 spiro atoms. The van der Waals surface area contributed by atoms with E-state index in [-0.39, 0.29) is 0 Å². The Hall–Kier alpha value is -1.95. The summed E-state index contributed by atoms with van der Waals surface area (Å²) in [5.74, 6) is 0.862. The Bertz CT molecular complexity index is 662. The molecule has 0 unspecified atom stereocenters. The normalized spacial score (nSPS) is 11.3. The number of nitrogens with one attached hydrogen (secondary N) is 2. The molecule has 6 heteroatoms. The molecule has 0 saturated heterocycles. The Kier molecular flexibility index (Phi) is 3.80. The van der Waals surface area contributed by atoms with Gasteiger partial charge >= 0.3 is 0 Å². The summed E-state index contributed by atoms with van der Waals surface area (Å²) in [6, 6.07) is 8.99. The zero-order chi connectivity index (χ0) is 13.9. The van der Waals surface area contributed by atoms with E-state index in [0.717, 1.165) is 23.3 Å². The number of benzene rings is 1. The molecule has 0 bridgehead atoms. The molecule has 0 amide bonds. The molecule has 0 aliphatic heterocycles. The molecule has 5 nitrogen and oxygen atoms in total. The number of aryl methyl sites for hydroxylation is 1. The van der Waals surface area contributed by atoms with Gasteiger partial charge in [-0.1, -0.05) is 6.07 Å². The van der Waals surface area contributed by atoms with Crippen molar-refractivity contribution in [3.63, 3.8) is 0 Å². The quantitative estimate of drug-likeness (QED) is 0.883. The third kappa shape index (κ3) is 4.03. The lowest BCUT2D eigenvalue weighted by molar-refractivity contribution is 0.515. The third-order valence-electron chi connectivity index (χ3n) is 2.59. The molecule has 0 fully saturated rings. The van der Waals surface area contributed by atoms with Crippen LogP contribution >= 0.6 is 0 Å². The highest BCUT2D eigenvalue weighted by Gasteiger charge is 2.04. The van der Waals surface area contributed by atoms with Crippen LogP contribution in [0, 0.1) is 6.92 Å². The van der Waals surface area contributed by atoms with E-state index in [4.69, 9.17) is 4.42 Å². The topological polar surface area (TPSA) is 71.3 Å². The number of sulfonamides is 1. The van der Waals surface area contributed by atoms with Crippen LogP contribution in [0.25, 0.3) is 0 Å². The lowest BCUT2D eigenvalue weighted by Gasteiger charge is -2.08. The first kappa shape index (κ1) is 13.5. The number of anilines is 2. The van der Waals surface area contributed by atoms with Gasteiger partial charge < -0.3 is 9.73 Å². The van der Waals surface area contributed by atoms with Crippen LogP contribution in [0.2, 0.25) is 0 Å². The summed E-state index contributed by atoms with van der Waals surface area (Å²) >= 11 is 0. The van der Waals surface area contributed by atoms with Crippen LogP contribution in [0.1, 0.15) is 11.3 Å². The van der Waals surface area contributed by atoms with E-state index in [1.807, 2.05) is 19.1 Å². The first-order valence-corrected chi connectivity index (χ1v) is 7.68. The van der Waals surface area contributed by atoms with Crippen molar-refractivity contribution >= 4 is 21.4 Å². The minimum Gasteiger partial charge on any atom is -0.467 e. The number of hydrogen-bond acceptors (Lipinski definition) is 4. The van der Waals surface area contributed by atoms with Gasteiger partial charge in [0.25, 0.3) is 0 Å². The molecule has 1 heterocycles. The summed E-state index contributed by atoms with van der Waals surface area (Å²) in [5.41, 5.74) is 2.44. The van der Waals surface area contributed by atoms with Gasteiger partial charge in [-0.05, 0) is 36.8 Å². The lowest BCUT2D eigenvalue weighted by atomic mass is 10.2. The van der Waals surface area contributed by atoms with Gasteiger partial charge in [0.15, 0.2) is 0 Å². The third-order valence-corrected chi connectivity index (χ3v) is 3.19. The van der Waals surface area contributed by atoms with Crippen LogP contribution in [-0.4, -0.2) is 14.7 Å². The van der Waals surface area contributed by atoms with Crippen LogP contribution in [0.4, 0.5) is 11.4 Å². The minimum atomic E-state index is -3.26. The molecule has 0 aliphatic carbocycles. The van der Waals surface area contributed by atoms with Gasteiger partial charge in [-0.2, -0.15) is 0 Å². The monoisotopic (exact) mass is 280 g/mol. The summed E-state index contributed by atoms with van der Waals surface area (Å²) < 4.78 is 30.1. The highest BCUT2D eigenvalue weighted by molar-refractivity contribution is 7.92. The highest BCUT2D eigenvalue weighted by Crippen LogP contribution is 2.18. The van der Waals surface area contributed by atoms with Crippen molar-refractivity contribution in [1.82, 2.24) is 0 Å². The maximum Gasteiger partial charge on any atom is 0.229 e.